The third-order valence-corrected chi connectivity index (χ3v) is 5.11. The fourth-order valence-electron chi connectivity index (χ4n) is 3.51. The average Bonchev–Trinajstić information content (AvgIpc) is 3.13. The molecule has 0 bridgehead atoms. The summed E-state index contributed by atoms with van der Waals surface area (Å²) in [4.78, 5) is 14.8. The number of imidazole rings is 1. The van der Waals surface area contributed by atoms with Crippen LogP contribution in [0.4, 0.5) is 11.8 Å². The van der Waals surface area contributed by atoms with E-state index in [1.165, 1.54) is 10.5 Å². The molecule has 4 aromatic rings. The molecule has 2 unspecified atom stereocenters. The third kappa shape index (κ3) is 4.35. The van der Waals surface area contributed by atoms with Gasteiger partial charge < -0.3 is 20.1 Å². The van der Waals surface area contributed by atoms with Crippen molar-refractivity contribution in [3.63, 3.8) is 0 Å². The van der Waals surface area contributed by atoms with Gasteiger partial charge in [0.15, 0.2) is 17.0 Å². The first-order chi connectivity index (χ1) is 14.9. The molecule has 160 valence electrons. The van der Waals surface area contributed by atoms with Gasteiger partial charge >= 0.3 is 0 Å². The van der Waals surface area contributed by atoms with E-state index in [4.69, 9.17) is 0 Å². The van der Waals surface area contributed by atoms with Crippen molar-refractivity contribution in [1.29, 1.82) is 0 Å². The molecule has 0 aliphatic rings. The number of aromatic nitrogens is 4. The van der Waals surface area contributed by atoms with Gasteiger partial charge in [-0.15, -0.1) is 0 Å². The Hall–Kier alpha value is -3.49. The van der Waals surface area contributed by atoms with Crippen molar-refractivity contribution >= 4 is 22.9 Å². The molecule has 31 heavy (non-hydrogen) atoms. The van der Waals surface area contributed by atoms with Gasteiger partial charge in [0, 0.05) is 13.6 Å². The first kappa shape index (κ1) is 20.8. The highest BCUT2D eigenvalue weighted by molar-refractivity contribution is 5.84. The maximum absolute atomic E-state index is 10.1. The van der Waals surface area contributed by atoms with Crippen LogP contribution in [0.5, 0.6) is 0 Å². The van der Waals surface area contributed by atoms with E-state index in [0.717, 1.165) is 11.1 Å². The molecule has 0 aliphatic carbocycles. The second-order valence-electron chi connectivity index (χ2n) is 7.49. The number of rotatable bonds is 7. The van der Waals surface area contributed by atoms with E-state index in [1.54, 1.807) is 24.7 Å². The second kappa shape index (κ2) is 8.71. The highest BCUT2D eigenvalue weighted by Gasteiger charge is 2.22. The van der Waals surface area contributed by atoms with Crippen molar-refractivity contribution in [2.75, 3.05) is 10.2 Å². The predicted octanol–water partition coefficient (Wildman–Crippen LogP) is 3.13. The van der Waals surface area contributed by atoms with E-state index in [-0.39, 0.29) is 5.95 Å². The topological polar surface area (TPSA) is 99.3 Å². The molecule has 3 N–H and O–H groups in total. The lowest BCUT2D eigenvalue weighted by molar-refractivity contribution is 0.103. The van der Waals surface area contributed by atoms with Crippen molar-refractivity contribution in [2.24, 2.45) is 7.05 Å². The minimum absolute atomic E-state index is 0.225. The standard InChI is InChI=1S/C23H26N6O2/c1-15(30)29(16(2)31)23-26-21(20-22(27-23)28(3)14-25-20)24-13-17-9-11-19(12-10-17)18-7-5-4-6-8-18/h4-12,14-16,30-31H,13H2,1-3H3,(H,24,26,27). The van der Waals surface area contributed by atoms with Crippen LogP contribution in [0, 0.1) is 0 Å². The van der Waals surface area contributed by atoms with E-state index in [2.05, 4.69) is 56.7 Å². The van der Waals surface area contributed by atoms with Crippen LogP contribution in [0.2, 0.25) is 0 Å². The number of anilines is 2. The van der Waals surface area contributed by atoms with Crippen molar-refractivity contribution in [3.8, 4) is 11.1 Å². The molecular formula is C23H26N6O2. The summed E-state index contributed by atoms with van der Waals surface area (Å²) in [7, 11) is 1.84. The SMILES string of the molecule is CC(O)N(c1nc(NCc2ccc(-c3ccccc3)cc2)c2ncn(C)c2n1)C(C)O. The Kier molecular flexibility index (Phi) is 5.83. The molecule has 4 rings (SSSR count). The Morgan fingerprint density at radius 3 is 2.23 bits per heavy atom. The molecule has 2 aromatic carbocycles. The molecule has 2 aromatic heterocycles. The lowest BCUT2D eigenvalue weighted by atomic mass is 10.0. The number of nitrogens with zero attached hydrogens (tertiary/aromatic N) is 5. The fraction of sp³-hybridized carbons (Fsp3) is 0.261. The van der Waals surface area contributed by atoms with Crippen LogP contribution in [0.3, 0.4) is 0 Å². The summed E-state index contributed by atoms with van der Waals surface area (Å²) >= 11 is 0. The van der Waals surface area contributed by atoms with Crippen LogP contribution in [0.25, 0.3) is 22.3 Å². The number of fused-ring (bicyclic) bond motifs is 1. The first-order valence-corrected chi connectivity index (χ1v) is 10.2. The van der Waals surface area contributed by atoms with E-state index in [9.17, 15) is 10.2 Å². The molecule has 2 atom stereocenters. The van der Waals surface area contributed by atoms with Gasteiger partial charge in [-0.3, -0.25) is 4.90 Å². The van der Waals surface area contributed by atoms with Gasteiger partial charge in [0.1, 0.15) is 12.5 Å². The van der Waals surface area contributed by atoms with Gasteiger partial charge in [-0.2, -0.15) is 9.97 Å². The molecule has 0 saturated heterocycles. The normalized spacial score (nSPS) is 13.2. The molecule has 8 nitrogen and oxygen atoms in total. The Balaban J connectivity index is 1.60. The van der Waals surface area contributed by atoms with Gasteiger partial charge in [0.25, 0.3) is 0 Å². The zero-order valence-electron chi connectivity index (χ0n) is 17.8. The second-order valence-corrected chi connectivity index (χ2v) is 7.49. The van der Waals surface area contributed by atoms with Gasteiger partial charge in [-0.25, -0.2) is 4.98 Å². The quantitative estimate of drug-likeness (QED) is 0.397. The predicted molar refractivity (Wildman–Crippen MR) is 121 cm³/mol. The largest absolute Gasteiger partial charge is 0.374 e. The number of hydrogen-bond donors (Lipinski definition) is 3. The molecule has 8 heteroatoms. The highest BCUT2D eigenvalue weighted by atomic mass is 16.3. The third-order valence-electron chi connectivity index (χ3n) is 5.11. The maximum Gasteiger partial charge on any atom is 0.233 e. The van der Waals surface area contributed by atoms with Crippen LogP contribution < -0.4 is 10.2 Å². The lowest BCUT2D eigenvalue weighted by Crippen LogP contribution is -2.41. The van der Waals surface area contributed by atoms with E-state index in [1.807, 2.05) is 25.2 Å². The molecule has 0 fully saturated rings. The summed E-state index contributed by atoms with van der Waals surface area (Å²) in [6.45, 7) is 3.66. The van der Waals surface area contributed by atoms with Gasteiger partial charge in [0.2, 0.25) is 5.95 Å². The zero-order valence-corrected chi connectivity index (χ0v) is 17.8. The van der Waals surface area contributed by atoms with Gasteiger partial charge in [0.05, 0.1) is 6.33 Å². The molecule has 0 radical (unpaired) electrons. The van der Waals surface area contributed by atoms with Crippen LogP contribution in [0.1, 0.15) is 19.4 Å². The van der Waals surface area contributed by atoms with Crippen LogP contribution >= 0.6 is 0 Å². The fourth-order valence-corrected chi connectivity index (χ4v) is 3.51. The van der Waals surface area contributed by atoms with Gasteiger partial charge in [-0.1, -0.05) is 54.6 Å². The van der Waals surface area contributed by atoms with Crippen molar-refractivity contribution in [3.05, 3.63) is 66.5 Å². The monoisotopic (exact) mass is 418 g/mol. The van der Waals surface area contributed by atoms with Crippen LogP contribution in [-0.4, -0.2) is 42.2 Å². The van der Waals surface area contributed by atoms with Gasteiger partial charge in [-0.05, 0) is 30.5 Å². The molecular weight excluding hydrogens is 392 g/mol. The molecule has 0 spiro atoms. The Labute approximate surface area is 180 Å². The van der Waals surface area contributed by atoms with Crippen molar-refractivity contribution in [2.45, 2.75) is 32.8 Å². The van der Waals surface area contributed by atoms with E-state index >= 15 is 0 Å². The molecule has 0 saturated carbocycles. The molecule has 2 heterocycles. The zero-order chi connectivity index (χ0) is 22.0. The summed E-state index contributed by atoms with van der Waals surface area (Å²) < 4.78 is 1.78. The van der Waals surface area contributed by atoms with E-state index < -0.39 is 12.5 Å². The summed E-state index contributed by atoms with van der Waals surface area (Å²) in [6, 6.07) is 18.6. The summed E-state index contributed by atoms with van der Waals surface area (Å²) in [5.41, 5.74) is 4.66. The number of benzene rings is 2. The lowest BCUT2D eigenvalue weighted by Gasteiger charge is -2.28. The van der Waals surface area contributed by atoms with Crippen LogP contribution in [-0.2, 0) is 13.6 Å². The van der Waals surface area contributed by atoms with Crippen molar-refractivity contribution in [1.82, 2.24) is 19.5 Å². The van der Waals surface area contributed by atoms with E-state index in [0.29, 0.717) is 23.5 Å². The summed E-state index contributed by atoms with van der Waals surface area (Å²) in [6.07, 6.45) is -0.244. The minimum atomic E-state index is -0.955. The Bertz CT molecular complexity index is 1150. The molecule has 0 amide bonds. The average molecular weight is 419 g/mol. The number of nitrogens with one attached hydrogen (secondary N) is 1. The number of aryl methyl sites for hydroxylation is 1. The summed E-state index contributed by atoms with van der Waals surface area (Å²) in [5, 5.41) is 23.5. The summed E-state index contributed by atoms with van der Waals surface area (Å²) in [5.74, 6) is 0.766. The molecule has 0 aliphatic heterocycles. The maximum atomic E-state index is 10.1. The minimum Gasteiger partial charge on any atom is -0.374 e. The first-order valence-electron chi connectivity index (χ1n) is 10.2. The Morgan fingerprint density at radius 1 is 0.935 bits per heavy atom. The number of aliphatic hydroxyl groups excluding tert-OH is 2. The smallest absolute Gasteiger partial charge is 0.233 e. The number of aliphatic hydroxyl groups is 2. The van der Waals surface area contributed by atoms with Crippen LogP contribution in [0.15, 0.2) is 60.9 Å². The number of hydrogen-bond acceptors (Lipinski definition) is 7. The highest BCUT2D eigenvalue weighted by Crippen LogP contribution is 2.25. The van der Waals surface area contributed by atoms with Crippen molar-refractivity contribution < 1.29 is 10.2 Å². The Morgan fingerprint density at radius 2 is 1.58 bits per heavy atom.